The summed E-state index contributed by atoms with van der Waals surface area (Å²) >= 11 is 5.80. The number of hydrogen-bond donors (Lipinski definition) is 1. The third-order valence-electron chi connectivity index (χ3n) is 3.69. The topological polar surface area (TPSA) is 68.0 Å². The molecule has 1 aromatic carbocycles. The molecule has 6 nitrogen and oxygen atoms in total. The maximum absolute atomic E-state index is 14.0. The molecule has 0 aliphatic heterocycles. The number of fused-ring (bicyclic) bond motifs is 1. The number of aromatic nitrogens is 5. The second-order valence-electron chi connectivity index (χ2n) is 5.31. The third kappa shape index (κ3) is 3.01. The first-order valence-corrected chi connectivity index (χ1v) is 7.90. The Labute approximate surface area is 147 Å². The van der Waals surface area contributed by atoms with Crippen molar-refractivity contribution in [3.8, 4) is 11.4 Å². The number of benzene rings is 1. The van der Waals surface area contributed by atoms with Gasteiger partial charge in [0.1, 0.15) is 11.6 Å². The molecule has 8 heteroatoms. The SMILES string of the molecule is Fc1c(Cl)cccc1CNc1ccc2nnc(-c3ccncc3)n2n1. The lowest BCUT2D eigenvalue weighted by atomic mass is 10.2. The molecule has 124 valence electrons. The average molecular weight is 355 g/mol. The normalized spacial score (nSPS) is 11.0. The van der Waals surface area contributed by atoms with Crippen LogP contribution in [0, 0.1) is 5.82 Å². The van der Waals surface area contributed by atoms with Crippen LogP contribution < -0.4 is 5.32 Å². The minimum atomic E-state index is -0.431. The van der Waals surface area contributed by atoms with Crippen molar-refractivity contribution in [3.05, 3.63) is 71.3 Å². The number of rotatable bonds is 4. The van der Waals surface area contributed by atoms with Gasteiger partial charge in [0.25, 0.3) is 0 Å². The van der Waals surface area contributed by atoms with Gasteiger partial charge in [0.05, 0.1) is 5.02 Å². The van der Waals surface area contributed by atoms with Gasteiger partial charge in [-0.3, -0.25) is 4.98 Å². The Morgan fingerprint density at radius 1 is 1.04 bits per heavy atom. The van der Waals surface area contributed by atoms with Crippen LogP contribution in [0.2, 0.25) is 5.02 Å². The van der Waals surface area contributed by atoms with Gasteiger partial charge >= 0.3 is 0 Å². The van der Waals surface area contributed by atoms with Gasteiger partial charge in [0.15, 0.2) is 11.5 Å². The maximum Gasteiger partial charge on any atom is 0.185 e. The molecule has 0 fully saturated rings. The summed E-state index contributed by atoms with van der Waals surface area (Å²) < 4.78 is 15.6. The highest BCUT2D eigenvalue weighted by Crippen LogP contribution is 2.20. The zero-order valence-electron chi connectivity index (χ0n) is 12.9. The lowest BCUT2D eigenvalue weighted by molar-refractivity contribution is 0.613. The summed E-state index contributed by atoms with van der Waals surface area (Å²) in [5, 5.41) is 15.9. The molecule has 3 aromatic heterocycles. The van der Waals surface area contributed by atoms with Gasteiger partial charge in [0, 0.05) is 30.1 Å². The molecular weight excluding hydrogens is 343 g/mol. The maximum atomic E-state index is 14.0. The van der Waals surface area contributed by atoms with E-state index in [4.69, 9.17) is 11.6 Å². The van der Waals surface area contributed by atoms with Crippen molar-refractivity contribution in [2.45, 2.75) is 6.54 Å². The monoisotopic (exact) mass is 354 g/mol. The minimum Gasteiger partial charge on any atom is -0.364 e. The molecule has 4 rings (SSSR count). The molecule has 0 bridgehead atoms. The smallest absolute Gasteiger partial charge is 0.185 e. The van der Waals surface area contributed by atoms with Crippen LogP contribution in [0.15, 0.2) is 54.9 Å². The van der Waals surface area contributed by atoms with Crippen LogP contribution >= 0.6 is 11.6 Å². The quantitative estimate of drug-likeness (QED) is 0.606. The first kappa shape index (κ1) is 15.5. The number of nitrogens with one attached hydrogen (secondary N) is 1. The van der Waals surface area contributed by atoms with E-state index in [9.17, 15) is 4.39 Å². The van der Waals surface area contributed by atoms with Crippen LogP contribution in [0.25, 0.3) is 17.0 Å². The minimum absolute atomic E-state index is 0.0986. The van der Waals surface area contributed by atoms with Gasteiger partial charge in [-0.2, -0.15) is 4.52 Å². The number of hydrogen-bond acceptors (Lipinski definition) is 5. The average Bonchev–Trinajstić information content (AvgIpc) is 3.07. The van der Waals surface area contributed by atoms with Crippen LogP contribution in [-0.2, 0) is 6.54 Å². The second kappa shape index (κ2) is 6.45. The van der Waals surface area contributed by atoms with Crippen molar-refractivity contribution >= 4 is 23.1 Å². The van der Waals surface area contributed by atoms with E-state index < -0.39 is 5.82 Å². The standard InChI is InChI=1S/C17H12ClFN6/c18-13-3-1-2-12(16(13)19)10-21-14-4-5-15-22-23-17(25(15)24-14)11-6-8-20-9-7-11/h1-9H,10H2,(H,21,24). The summed E-state index contributed by atoms with van der Waals surface area (Å²) in [6.45, 7) is 0.262. The molecular formula is C17H12ClFN6. The third-order valence-corrected chi connectivity index (χ3v) is 3.98. The molecule has 0 unspecified atom stereocenters. The number of nitrogens with zero attached hydrogens (tertiary/aromatic N) is 5. The van der Waals surface area contributed by atoms with Crippen molar-refractivity contribution in [1.29, 1.82) is 0 Å². The predicted octanol–water partition coefficient (Wildman–Crippen LogP) is 3.59. The van der Waals surface area contributed by atoms with Gasteiger partial charge in [-0.1, -0.05) is 23.7 Å². The Morgan fingerprint density at radius 3 is 2.72 bits per heavy atom. The highest BCUT2D eigenvalue weighted by atomic mass is 35.5. The Kier molecular flexibility index (Phi) is 3.99. The van der Waals surface area contributed by atoms with Gasteiger partial charge in [-0.05, 0) is 30.3 Å². The zero-order valence-corrected chi connectivity index (χ0v) is 13.7. The first-order valence-electron chi connectivity index (χ1n) is 7.52. The van der Waals surface area contributed by atoms with Gasteiger partial charge in [0.2, 0.25) is 0 Å². The van der Waals surface area contributed by atoms with Crippen LogP contribution in [0.4, 0.5) is 10.2 Å². The van der Waals surface area contributed by atoms with E-state index in [0.717, 1.165) is 5.56 Å². The molecule has 0 aliphatic rings. The molecule has 0 atom stereocenters. The van der Waals surface area contributed by atoms with E-state index in [1.165, 1.54) is 6.07 Å². The Morgan fingerprint density at radius 2 is 1.88 bits per heavy atom. The number of pyridine rings is 1. The van der Waals surface area contributed by atoms with Crippen molar-refractivity contribution < 1.29 is 4.39 Å². The van der Waals surface area contributed by atoms with Crippen LogP contribution in [0.5, 0.6) is 0 Å². The van der Waals surface area contributed by atoms with Crippen molar-refractivity contribution in [1.82, 2.24) is 24.8 Å². The lowest BCUT2D eigenvalue weighted by Crippen LogP contribution is -2.06. The Balaban J connectivity index is 1.64. The van der Waals surface area contributed by atoms with Crippen molar-refractivity contribution in [2.75, 3.05) is 5.32 Å². The van der Waals surface area contributed by atoms with Crippen LogP contribution in [0.1, 0.15) is 5.56 Å². The predicted molar refractivity (Wildman–Crippen MR) is 92.7 cm³/mol. The molecule has 4 aromatic rings. The zero-order chi connectivity index (χ0) is 17.2. The first-order chi connectivity index (χ1) is 12.2. The Hall–Kier alpha value is -3.06. The molecule has 0 saturated carbocycles. The van der Waals surface area contributed by atoms with E-state index in [2.05, 4.69) is 25.6 Å². The number of halogens is 2. The van der Waals surface area contributed by atoms with Crippen LogP contribution in [-0.4, -0.2) is 24.8 Å². The van der Waals surface area contributed by atoms with Crippen molar-refractivity contribution in [3.63, 3.8) is 0 Å². The van der Waals surface area contributed by atoms with E-state index in [0.29, 0.717) is 22.9 Å². The summed E-state index contributed by atoms with van der Waals surface area (Å²) in [4.78, 5) is 3.99. The fourth-order valence-electron chi connectivity index (χ4n) is 2.43. The highest BCUT2D eigenvalue weighted by molar-refractivity contribution is 6.30. The molecule has 0 aliphatic carbocycles. The van der Waals surface area contributed by atoms with Crippen LogP contribution in [0.3, 0.4) is 0 Å². The lowest BCUT2D eigenvalue weighted by Gasteiger charge is -2.08. The summed E-state index contributed by atoms with van der Waals surface area (Å²) in [6.07, 6.45) is 3.36. The van der Waals surface area contributed by atoms with Gasteiger partial charge in [-0.25, -0.2) is 4.39 Å². The molecule has 0 saturated heterocycles. The summed E-state index contributed by atoms with van der Waals surface area (Å²) in [7, 11) is 0. The molecule has 0 radical (unpaired) electrons. The molecule has 0 amide bonds. The van der Waals surface area contributed by atoms with E-state index in [1.54, 1.807) is 41.2 Å². The fraction of sp³-hybridized carbons (Fsp3) is 0.0588. The fourth-order valence-corrected chi connectivity index (χ4v) is 2.63. The van der Waals surface area contributed by atoms with E-state index in [-0.39, 0.29) is 11.6 Å². The van der Waals surface area contributed by atoms with Crippen molar-refractivity contribution in [2.24, 2.45) is 0 Å². The van der Waals surface area contributed by atoms with E-state index in [1.807, 2.05) is 12.1 Å². The molecule has 25 heavy (non-hydrogen) atoms. The summed E-state index contributed by atoms with van der Waals surface area (Å²) in [6, 6.07) is 12.1. The van der Waals surface area contributed by atoms with Gasteiger partial charge in [-0.15, -0.1) is 15.3 Å². The van der Waals surface area contributed by atoms with E-state index >= 15 is 0 Å². The number of anilines is 1. The summed E-state index contributed by atoms with van der Waals surface area (Å²) in [5.74, 6) is 0.747. The summed E-state index contributed by atoms with van der Waals surface area (Å²) in [5.41, 5.74) is 1.94. The molecule has 0 spiro atoms. The van der Waals surface area contributed by atoms with Gasteiger partial charge < -0.3 is 5.32 Å². The largest absolute Gasteiger partial charge is 0.364 e. The highest BCUT2D eigenvalue weighted by Gasteiger charge is 2.10. The second-order valence-corrected chi connectivity index (χ2v) is 5.72. The Bertz CT molecular complexity index is 1030. The molecule has 3 heterocycles. The molecule has 1 N–H and O–H groups in total.